The third-order valence-corrected chi connectivity index (χ3v) is 5.30. The zero-order valence-corrected chi connectivity index (χ0v) is 14.6. The Hall–Kier alpha value is -2.81. The molecule has 136 valence electrons. The molecule has 1 amide bonds. The number of rotatable bonds is 5. The van der Waals surface area contributed by atoms with Crippen molar-refractivity contribution in [3.8, 4) is 10.6 Å². The topological polar surface area (TPSA) is 114 Å². The number of benzene rings is 1. The molecule has 0 spiro atoms. The van der Waals surface area contributed by atoms with Gasteiger partial charge in [-0.25, -0.2) is 4.98 Å². The van der Waals surface area contributed by atoms with E-state index in [1.807, 2.05) is 0 Å². The summed E-state index contributed by atoms with van der Waals surface area (Å²) in [4.78, 5) is 39.7. The molecule has 8 nitrogen and oxygen atoms in total. The molecule has 1 aliphatic rings. The average Bonchev–Trinajstić information content (AvgIpc) is 3.11. The first-order chi connectivity index (χ1) is 12.4. The van der Waals surface area contributed by atoms with Crippen LogP contribution in [0.2, 0.25) is 0 Å². The maximum absolute atomic E-state index is 12.6. The van der Waals surface area contributed by atoms with Crippen LogP contribution in [-0.2, 0) is 4.79 Å². The second-order valence-corrected chi connectivity index (χ2v) is 7.03. The molecule has 1 aliphatic heterocycles. The number of nitro benzene ring substituents is 1. The second kappa shape index (κ2) is 7.61. The average molecular weight is 375 g/mol. The Labute approximate surface area is 153 Å². The lowest BCUT2D eigenvalue weighted by molar-refractivity contribution is -0.384. The highest BCUT2D eigenvalue weighted by atomic mass is 32.1. The van der Waals surface area contributed by atoms with E-state index in [1.54, 1.807) is 22.4 Å². The first-order valence-electron chi connectivity index (χ1n) is 8.15. The predicted molar refractivity (Wildman–Crippen MR) is 95.1 cm³/mol. The molecule has 2 aromatic rings. The van der Waals surface area contributed by atoms with Crippen molar-refractivity contribution in [2.75, 3.05) is 13.1 Å². The molecule has 0 aliphatic carbocycles. The summed E-state index contributed by atoms with van der Waals surface area (Å²) in [6.45, 7) is 1.06. The van der Waals surface area contributed by atoms with E-state index in [9.17, 15) is 19.7 Å². The van der Waals surface area contributed by atoms with Gasteiger partial charge in [-0.1, -0.05) is 0 Å². The van der Waals surface area contributed by atoms with Gasteiger partial charge >= 0.3 is 5.97 Å². The van der Waals surface area contributed by atoms with Crippen LogP contribution in [0.4, 0.5) is 5.69 Å². The van der Waals surface area contributed by atoms with Crippen molar-refractivity contribution >= 4 is 28.9 Å². The number of aliphatic carboxylic acids is 1. The molecule has 0 unspecified atom stereocenters. The van der Waals surface area contributed by atoms with E-state index >= 15 is 0 Å². The molecule has 1 saturated heterocycles. The van der Waals surface area contributed by atoms with Gasteiger partial charge < -0.3 is 10.0 Å². The van der Waals surface area contributed by atoms with Crippen LogP contribution in [0.5, 0.6) is 0 Å². The van der Waals surface area contributed by atoms with E-state index in [1.165, 1.54) is 23.5 Å². The van der Waals surface area contributed by atoms with Crippen LogP contribution < -0.4 is 0 Å². The fourth-order valence-corrected chi connectivity index (χ4v) is 3.78. The number of carboxylic acid groups (broad SMARTS) is 1. The molecule has 26 heavy (non-hydrogen) atoms. The van der Waals surface area contributed by atoms with Crippen molar-refractivity contribution in [2.45, 2.75) is 19.3 Å². The number of carbonyl (C=O) groups excluding carboxylic acids is 1. The summed E-state index contributed by atoms with van der Waals surface area (Å²) in [5.41, 5.74) is 1.07. The van der Waals surface area contributed by atoms with Gasteiger partial charge in [0.05, 0.1) is 4.92 Å². The maximum Gasteiger partial charge on any atom is 0.303 e. The summed E-state index contributed by atoms with van der Waals surface area (Å²) < 4.78 is 0. The minimum atomic E-state index is -0.804. The predicted octanol–water partition coefficient (Wildman–Crippen LogP) is 3.05. The smallest absolute Gasteiger partial charge is 0.303 e. The Bertz CT molecular complexity index is 825. The summed E-state index contributed by atoms with van der Waals surface area (Å²) in [7, 11) is 0. The van der Waals surface area contributed by atoms with Gasteiger partial charge in [-0.05, 0) is 30.9 Å². The maximum atomic E-state index is 12.6. The molecule has 1 N–H and O–H groups in total. The molecule has 9 heteroatoms. The number of likely N-dealkylation sites (tertiary alicyclic amines) is 1. The summed E-state index contributed by atoms with van der Waals surface area (Å²) in [5.74, 6) is -0.854. The van der Waals surface area contributed by atoms with Gasteiger partial charge in [0.15, 0.2) is 0 Å². The highest BCUT2D eigenvalue weighted by Crippen LogP contribution is 2.27. The van der Waals surface area contributed by atoms with Gasteiger partial charge in [0.2, 0.25) is 0 Å². The lowest BCUT2D eigenvalue weighted by atomic mass is 9.93. The fraction of sp³-hybridized carbons (Fsp3) is 0.353. The summed E-state index contributed by atoms with van der Waals surface area (Å²) in [6.07, 6.45) is 1.50. The van der Waals surface area contributed by atoms with Crippen LogP contribution in [0.3, 0.4) is 0 Å². The molecule has 1 fully saturated rings. The number of hydrogen-bond donors (Lipinski definition) is 1. The van der Waals surface area contributed by atoms with E-state index in [4.69, 9.17) is 5.11 Å². The molecule has 0 saturated carbocycles. The SMILES string of the molecule is O=C(O)CC1CCN(C(=O)c2csc(-c3ccc([N+](=O)[O-])cc3)n2)CC1. The zero-order chi connectivity index (χ0) is 18.7. The standard InChI is InChI=1S/C17H17N3O5S/c21-15(22)9-11-5-7-19(8-6-11)17(23)14-10-26-16(18-14)12-1-3-13(4-2-12)20(24)25/h1-4,10-11H,5-9H2,(H,21,22). The van der Waals surface area contributed by atoms with Crippen LogP contribution in [0, 0.1) is 16.0 Å². The molecule has 1 aromatic carbocycles. The van der Waals surface area contributed by atoms with Gasteiger partial charge in [-0.3, -0.25) is 19.7 Å². The number of carboxylic acids is 1. The first kappa shape index (κ1) is 18.0. The van der Waals surface area contributed by atoms with Crippen molar-refractivity contribution in [1.29, 1.82) is 0 Å². The van der Waals surface area contributed by atoms with Crippen LogP contribution in [-0.4, -0.2) is 44.9 Å². The molecule has 1 aromatic heterocycles. The van der Waals surface area contributed by atoms with E-state index < -0.39 is 10.9 Å². The zero-order valence-electron chi connectivity index (χ0n) is 13.8. The lowest BCUT2D eigenvalue weighted by Gasteiger charge is -2.30. The van der Waals surface area contributed by atoms with Gasteiger partial charge in [0, 0.05) is 42.6 Å². The van der Waals surface area contributed by atoms with Crippen LogP contribution in [0.25, 0.3) is 10.6 Å². The van der Waals surface area contributed by atoms with E-state index in [-0.39, 0.29) is 23.9 Å². The van der Waals surface area contributed by atoms with Crippen LogP contribution >= 0.6 is 11.3 Å². The lowest BCUT2D eigenvalue weighted by Crippen LogP contribution is -2.39. The highest BCUT2D eigenvalue weighted by Gasteiger charge is 2.26. The minimum absolute atomic E-state index is 0.00541. The Morgan fingerprint density at radius 3 is 2.50 bits per heavy atom. The summed E-state index contributed by atoms with van der Waals surface area (Å²) >= 11 is 1.31. The number of nitro groups is 1. The van der Waals surface area contributed by atoms with Gasteiger partial charge in [-0.15, -0.1) is 11.3 Å². The Balaban J connectivity index is 1.65. The number of amides is 1. The van der Waals surface area contributed by atoms with Crippen molar-refractivity contribution in [3.05, 3.63) is 45.5 Å². The fourth-order valence-electron chi connectivity index (χ4n) is 2.98. The number of thiazole rings is 1. The van der Waals surface area contributed by atoms with Crippen molar-refractivity contribution < 1.29 is 19.6 Å². The Morgan fingerprint density at radius 1 is 1.27 bits per heavy atom. The van der Waals surface area contributed by atoms with Crippen LogP contribution in [0.15, 0.2) is 29.6 Å². The van der Waals surface area contributed by atoms with Crippen molar-refractivity contribution in [2.24, 2.45) is 5.92 Å². The van der Waals surface area contributed by atoms with Crippen LogP contribution in [0.1, 0.15) is 29.8 Å². The minimum Gasteiger partial charge on any atom is -0.481 e. The normalized spacial score (nSPS) is 15.0. The quantitative estimate of drug-likeness (QED) is 0.635. The van der Waals surface area contributed by atoms with Gasteiger partial charge in [-0.2, -0.15) is 0 Å². The number of aromatic nitrogens is 1. The van der Waals surface area contributed by atoms with Crippen molar-refractivity contribution in [1.82, 2.24) is 9.88 Å². The molecular formula is C17H17N3O5S. The third-order valence-electron chi connectivity index (χ3n) is 4.41. The van der Waals surface area contributed by atoms with E-state index in [2.05, 4.69) is 4.98 Å². The second-order valence-electron chi connectivity index (χ2n) is 6.18. The Morgan fingerprint density at radius 2 is 1.92 bits per heavy atom. The summed E-state index contributed by atoms with van der Waals surface area (Å²) in [5, 5.41) is 21.9. The monoisotopic (exact) mass is 375 g/mol. The summed E-state index contributed by atoms with van der Waals surface area (Å²) in [6, 6.07) is 6.04. The first-order valence-corrected chi connectivity index (χ1v) is 9.03. The van der Waals surface area contributed by atoms with E-state index in [0.717, 1.165) is 5.56 Å². The van der Waals surface area contributed by atoms with Crippen molar-refractivity contribution in [3.63, 3.8) is 0 Å². The largest absolute Gasteiger partial charge is 0.481 e. The molecule has 3 rings (SSSR count). The molecule has 0 atom stereocenters. The number of piperidine rings is 1. The highest BCUT2D eigenvalue weighted by molar-refractivity contribution is 7.13. The number of carbonyl (C=O) groups is 2. The Kier molecular flexibility index (Phi) is 5.27. The molecule has 2 heterocycles. The van der Waals surface area contributed by atoms with Gasteiger partial charge in [0.1, 0.15) is 10.7 Å². The number of non-ortho nitro benzene ring substituents is 1. The molecule has 0 radical (unpaired) electrons. The third kappa shape index (κ3) is 4.05. The number of hydrogen-bond acceptors (Lipinski definition) is 6. The molecule has 0 bridgehead atoms. The van der Waals surface area contributed by atoms with Gasteiger partial charge in [0.25, 0.3) is 11.6 Å². The molecular weight excluding hydrogens is 358 g/mol. The van der Waals surface area contributed by atoms with E-state index in [0.29, 0.717) is 36.6 Å². The number of nitrogens with zero attached hydrogens (tertiary/aromatic N) is 3.